The molecule has 0 atom stereocenters. The summed E-state index contributed by atoms with van der Waals surface area (Å²) < 4.78 is 21.6. The number of nitrogens with zero attached hydrogens (tertiary/aromatic N) is 1. The van der Waals surface area contributed by atoms with Crippen LogP contribution in [0, 0.1) is 10.1 Å². The summed E-state index contributed by atoms with van der Waals surface area (Å²) in [5.74, 6) is 0.799. The average Bonchev–Trinajstić information content (AvgIpc) is 2.63. The van der Waals surface area contributed by atoms with Gasteiger partial charge in [0.2, 0.25) is 5.75 Å². The molecule has 2 aromatic carbocycles. The first-order valence-corrected chi connectivity index (χ1v) is 8.96. The van der Waals surface area contributed by atoms with Crippen LogP contribution in [-0.4, -0.2) is 38.0 Å². The van der Waals surface area contributed by atoms with Crippen LogP contribution in [0.1, 0.15) is 6.92 Å². The molecule has 0 heterocycles. The van der Waals surface area contributed by atoms with Gasteiger partial charge in [-0.05, 0) is 31.2 Å². The van der Waals surface area contributed by atoms with Crippen molar-refractivity contribution in [2.24, 2.45) is 0 Å². The van der Waals surface area contributed by atoms with Crippen molar-refractivity contribution in [3.8, 4) is 17.2 Å². The van der Waals surface area contributed by atoms with Gasteiger partial charge in [0.1, 0.15) is 18.1 Å². The Bertz CT molecular complexity index is 772. The molecule has 0 fully saturated rings. The minimum absolute atomic E-state index is 0.0796. The molecule has 0 saturated heterocycles. The molecule has 0 aliphatic heterocycles. The van der Waals surface area contributed by atoms with Crippen molar-refractivity contribution in [1.82, 2.24) is 0 Å². The van der Waals surface area contributed by atoms with E-state index in [0.717, 1.165) is 0 Å². The maximum absolute atomic E-state index is 11.2. The molecule has 0 unspecified atom stereocenters. The fraction of sp³-hybridized carbons (Fsp3) is 0.333. The van der Waals surface area contributed by atoms with Crippen LogP contribution in [0.5, 0.6) is 17.2 Å². The van der Waals surface area contributed by atoms with Gasteiger partial charge in [-0.25, -0.2) is 0 Å². The molecule has 2 aromatic rings. The number of hydrogen-bond acceptors (Lipinski definition) is 6. The number of halogens is 2. The van der Waals surface area contributed by atoms with Gasteiger partial charge in [0.05, 0.1) is 29.8 Å². The summed E-state index contributed by atoms with van der Waals surface area (Å²) in [4.78, 5) is 10.7. The molecule has 2 rings (SSSR count). The van der Waals surface area contributed by atoms with E-state index in [9.17, 15) is 10.1 Å². The summed E-state index contributed by atoms with van der Waals surface area (Å²) in [6, 6.07) is 8.99. The van der Waals surface area contributed by atoms with Gasteiger partial charge < -0.3 is 18.9 Å². The first-order valence-electron chi connectivity index (χ1n) is 8.21. The highest BCUT2D eigenvalue weighted by molar-refractivity contribution is 6.35. The lowest BCUT2D eigenvalue weighted by Crippen LogP contribution is -2.11. The minimum Gasteiger partial charge on any atom is -0.484 e. The zero-order chi connectivity index (χ0) is 19.6. The van der Waals surface area contributed by atoms with Gasteiger partial charge in [-0.15, -0.1) is 0 Å². The number of nitro benzene ring substituents is 1. The first-order chi connectivity index (χ1) is 13.0. The van der Waals surface area contributed by atoms with E-state index in [-0.39, 0.29) is 24.7 Å². The van der Waals surface area contributed by atoms with Gasteiger partial charge in [-0.2, -0.15) is 0 Å². The van der Waals surface area contributed by atoms with Gasteiger partial charge in [0.15, 0.2) is 0 Å². The van der Waals surface area contributed by atoms with Gasteiger partial charge in [0, 0.05) is 23.8 Å². The van der Waals surface area contributed by atoms with Crippen LogP contribution in [-0.2, 0) is 9.47 Å². The summed E-state index contributed by atoms with van der Waals surface area (Å²) >= 11 is 11.9. The molecule has 0 spiro atoms. The molecule has 27 heavy (non-hydrogen) atoms. The van der Waals surface area contributed by atoms with Crippen molar-refractivity contribution in [1.29, 1.82) is 0 Å². The predicted molar refractivity (Wildman–Crippen MR) is 102 cm³/mol. The van der Waals surface area contributed by atoms with Crippen LogP contribution in [0.25, 0.3) is 0 Å². The lowest BCUT2D eigenvalue weighted by Gasteiger charge is -2.11. The van der Waals surface area contributed by atoms with E-state index in [1.165, 1.54) is 18.2 Å². The van der Waals surface area contributed by atoms with Crippen molar-refractivity contribution in [3.63, 3.8) is 0 Å². The fourth-order valence-corrected chi connectivity index (χ4v) is 2.53. The summed E-state index contributed by atoms with van der Waals surface area (Å²) in [5.41, 5.74) is -0.168. The van der Waals surface area contributed by atoms with Crippen molar-refractivity contribution < 1.29 is 23.9 Å². The lowest BCUT2D eigenvalue weighted by molar-refractivity contribution is -0.385. The highest BCUT2D eigenvalue weighted by Crippen LogP contribution is 2.36. The second kappa shape index (κ2) is 10.9. The van der Waals surface area contributed by atoms with E-state index in [0.29, 0.717) is 41.4 Å². The highest BCUT2D eigenvalue weighted by Gasteiger charge is 2.17. The Kier molecular flexibility index (Phi) is 8.60. The van der Waals surface area contributed by atoms with Crippen LogP contribution < -0.4 is 9.47 Å². The zero-order valence-corrected chi connectivity index (χ0v) is 16.2. The van der Waals surface area contributed by atoms with Crippen molar-refractivity contribution in [2.45, 2.75) is 6.92 Å². The monoisotopic (exact) mass is 415 g/mol. The Morgan fingerprint density at radius 3 is 2.41 bits per heavy atom. The quantitative estimate of drug-likeness (QED) is 0.287. The Morgan fingerprint density at radius 1 is 0.963 bits per heavy atom. The fourth-order valence-electron chi connectivity index (χ4n) is 2.08. The molecule has 0 aromatic heterocycles. The van der Waals surface area contributed by atoms with E-state index in [2.05, 4.69) is 0 Å². The third kappa shape index (κ3) is 6.88. The minimum atomic E-state index is -0.523. The maximum Gasteiger partial charge on any atom is 0.311 e. The van der Waals surface area contributed by atoms with E-state index in [4.69, 9.17) is 42.1 Å². The molecule has 0 N–H and O–H groups in total. The molecule has 7 nitrogen and oxygen atoms in total. The van der Waals surface area contributed by atoms with Crippen LogP contribution in [0.2, 0.25) is 10.0 Å². The Morgan fingerprint density at radius 2 is 1.70 bits per heavy atom. The molecule has 9 heteroatoms. The van der Waals surface area contributed by atoms with E-state index in [1.807, 2.05) is 6.92 Å². The Hall–Kier alpha value is -2.06. The first kappa shape index (κ1) is 21.2. The van der Waals surface area contributed by atoms with Gasteiger partial charge in [-0.1, -0.05) is 23.2 Å². The third-order valence-electron chi connectivity index (χ3n) is 3.31. The summed E-state index contributed by atoms with van der Waals surface area (Å²) in [6.45, 7) is 3.86. The standard InChI is InChI=1S/C18H19Cl2NO6/c1-2-24-7-8-25-9-10-26-18-12-14(4-5-16(18)21(22)23)27-17-6-3-13(19)11-15(17)20/h3-6,11-12H,2,7-10H2,1H3. The zero-order valence-electron chi connectivity index (χ0n) is 14.7. The molecular weight excluding hydrogens is 397 g/mol. The second-order valence-electron chi connectivity index (χ2n) is 5.22. The highest BCUT2D eigenvalue weighted by atomic mass is 35.5. The van der Waals surface area contributed by atoms with E-state index >= 15 is 0 Å². The Labute approximate surface area is 166 Å². The maximum atomic E-state index is 11.2. The van der Waals surface area contributed by atoms with Crippen LogP contribution >= 0.6 is 23.2 Å². The number of nitro groups is 1. The van der Waals surface area contributed by atoms with Crippen LogP contribution in [0.4, 0.5) is 5.69 Å². The summed E-state index contributed by atoms with van der Waals surface area (Å²) in [7, 11) is 0. The molecule has 0 radical (unpaired) electrons. The number of benzene rings is 2. The molecule has 146 valence electrons. The normalized spacial score (nSPS) is 10.6. The largest absolute Gasteiger partial charge is 0.484 e. The number of hydrogen-bond donors (Lipinski definition) is 0. The molecule has 0 aliphatic rings. The third-order valence-corrected chi connectivity index (χ3v) is 3.84. The van der Waals surface area contributed by atoms with E-state index in [1.54, 1.807) is 18.2 Å². The number of ether oxygens (including phenoxy) is 4. The number of rotatable bonds is 11. The van der Waals surface area contributed by atoms with Gasteiger partial charge in [0.25, 0.3) is 0 Å². The van der Waals surface area contributed by atoms with Crippen molar-refractivity contribution >= 4 is 28.9 Å². The smallest absolute Gasteiger partial charge is 0.311 e. The topological polar surface area (TPSA) is 80.1 Å². The van der Waals surface area contributed by atoms with Gasteiger partial charge >= 0.3 is 5.69 Å². The van der Waals surface area contributed by atoms with Gasteiger partial charge in [-0.3, -0.25) is 10.1 Å². The predicted octanol–water partition coefficient (Wildman–Crippen LogP) is 5.13. The van der Waals surface area contributed by atoms with Crippen molar-refractivity contribution in [2.75, 3.05) is 33.0 Å². The second-order valence-corrected chi connectivity index (χ2v) is 6.06. The molecular formula is C18H19Cl2NO6. The SMILES string of the molecule is CCOCCOCCOc1cc(Oc2ccc(Cl)cc2Cl)ccc1[N+](=O)[O-]. The summed E-state index contributed by atoms with van der Waals surface area (Å²) in [6.07, 6.45) is 0. The molecule has 0 saturated carbocycles. The van der Waals surface area contributed by atoms with Crippen molar-refractivity contribution in [3.05, 3.63) is 56.6 Å². The summed E-state index contributed by atoms with van der Waals surface area (Å²) in [5, 5.41) is 12.0. The van der Waals surface area contributed by atoms with Crippen LogP contribution in [0.15, 0.2) is 36.4 Å². The lowest BCUT2D eigenvalue weighted by atomic mass is 10.2. The van der Waals surface area contributed by atoms with Crippen LogP contribution in [0.3, 0.4) is 0 Å². The molecule has 0 aliphatic carbocycles. The molecule has 0 amide bonds. The Balaban J connectivity index is 2.01. The molecule has 0 bridgehead atoms. The van der Waals surface area contributed by atoms with E-state index < -0.39 is 4.92 Å². The average molecular weight is 416 g/mol.